The molecule has 2 fully saturated rings. The largest absolute Gasteiger partial charge is 0.404 e. The van der Waals surface area contributed by atoms with Crippen molar-refractivity contribution in [3.63, 3.8) is 0 Å². The first-order valence-electron chi connectivity index (χ1n) is 6.21. The molecule has 0 bridgehead atoms. The summed E-state index contributed by atoms with van der Waals surface area (Å²) in [6.07, 6.45) is -11.5. The minimum Gasteiger partial charge on any atom is -0.341 e. The monoisotopic (exact) mass is 340 g/mol. The fourth-order valence-electron chi connectivity index (χ4n) is 2.74. The molecule has 1 atom stereocenters. The zero-order chi connectivity index (χ0) is 15.2. The Morgan fingerprint density at radius 2 is 1.71 bits per heavy atom. The lowest BCUT2D eigenvalue weighted by Crippen LogP contribution is -2.52. The summed E-state index contributed by atoms with van der Waals surface area (Å²) < 4.78 is 77.1. The van der Waals surface area contributed by atoms with Crippen LogP contribution in [-0.2, 0) is 4.79 Å². The van der Waals surface area contributed by atoms with E-state index in [9.17, 15) is 31.1 Å². The molecule has 0 saturated carbocycles. The third-order valence-electron chi connectivity index (χ3n) is 4.08. The van der Waals surface area contributed by atoms with E-state index in [1.807, 2.05) is 0 Å². The van der Waals surface area contributed by atoms with E-state index in [0.717, 1.165) is 0 Å². The molecule has 0 radical (unpaired) electrons. The molecular formula is C11H15ClF6N2O. The van der Waals surface area contributed by atoms with Crippen molar-refractivity contribution < 1.29 is 31.1 Å². The average Bonchev–Trinajstić information content (AvgIpc) is 2.96. The van der Waals surface area contributed by atoms with Gasteiger partial charge in [0.05, 0.1) is 5.92 Å². The van der Waals surface area contributed by atoms with Crippen LogP contribution in [0.3, 0.4) is 0 Å². The summed E-state index contributed by atoms with van der Waals surface area (Å²) in [5, 5.41) is 2.87. The van der Waals surface area contributed by atoms with Gasteiger partial charge in [-0.1, -0.05) is 0 Å². The van der Waals surface area contributed by atoms with Crippen LogP contribution in [0.15, 0.2) is 0 Å². The lowest BCUT2D eigenvalue weighted by Gasteiger charge is -2.33. The number of halogens is 7. The van der Waals surface area contributed by atoms with Crippen molar-refractivity contribution in [2.24, 2.45) is 11.3 Å². The topological polar surface area (TPSA) is 32.3 Å². The lowest BCUT2D eigenvalue weighted by atomic mass is 9.85. The standard InChI is InChI=1S/C11H14F6N2O.ClH/c12-10(13,14)9(11(15,16)17)2-4-19(6-9)8(20)7-1-3-18-5-7;/h7,18H,1-6H2;1H. The van der Waals surface area contributed by atoms with Gasteiger partial charge < -0.3 is 10.2 Å². The Hall–Kier alpha value is -0.700. The molecule has 2 aliphatic rings. The van der Waals surface area contributed by atoms with E-state index >= 15 is 0 Å². The maximum atomic E-state index is 12.9. The summed E-state index contributed by atoms with van der Waals surface area (Å²) in [4.78, 5) is 12.6. The number of likely N-dealkylation sites (tertiary alicyclic amines) is 1. The normalized spacial score (nSPS) is 25.8. The number of alkyl halides is 6. The van der Waals surface area contributed by atoms with Crippen molar-refractivity contribution in [2.45, 2.75) is 25.2 Å². The summed E-state index contributed by atoms with van der Waals surface area (Å²) in [6, 6.07) is 0. The smallest absolute Gasteiger partial charge is 0.341 e. The quantitative estimate of drug-likeness (QED) is 0.743. The predicted molar refractivity (Wildman–Crippen MR) is 64.0 cm³/mol. The molecule has 2 heterocycles. The van der Waals surface area contributed by atoms with E-state index in [1.54, 1.807) is 0 Å². The van der Waals surface area contributed by atoms with E-state index in [-0.39, 0.29) is 12.4 Å². The van der Waals surface area contributed by atoms with Gasteiger partial charge in [-0.05, 0) is 19.4 Å². The number of nitrogens with zero attached hydrogens (tertiary/aromatic N) is 1. The molecule has 0 aromatic rings. The van der Waals surface area contributed by atoms with Crippen molar-refractivity contribution in [1.82, 2.24) is 10.2 Å². The number of amides is 1. The highest BCUT2D eigenvalue weighted by Gasteiger charge is 2.73. The Labute approximate surface area is 123 Å². The minimum absolute atomic E-state index is 0. The molecule has 1 N–H and O–H groups in total. The van der Waals surface area contributed by atoms with Gasteiger partial charge in [-0.25, -0.2) is 0 Å². The molecule has 0 aromatic heterocycles. The summed E-state index contributed by atoms with van der Waals surface area (Å²) in [5.74, 6) is -1.14. The highest BCUT2D eigenvalue weighted by molar-refractivity contribution is 5.85. The van der Waals surface area contributed by atoms with Crippen LogP contribution >= 0.6 is 12.4 Å². The SMILES string of the molecule is Cl.O=C(C1CCNC1)N1CCC(C(F)(F)F)(C(F)(F)F)C1. The van der Waals surface area contributed by atoms with Crippen LogP contribution in [0.5, 0.6) is 0 Å². The number of carbonyl (C=O) groups excluding carboxylic acids is 1. The molecule has 10 heteroatoms. The zero-order valence-electron chi connectivity index (χ0n) is 10.9. The summed E-state index contributed by atoms with van der Waals surface area (Å²) in [6.45, 7) is -0.974. The molecule has 0 aliphatic carbocycles. The zero-order valence-corrected chi connectivity index (χ0v) is 11.7. The number of rotatable bonds is 1. The molecule has 3 nitrogen and oxygen atoms in total. The molecule has 2 aliphatic heterocycles. The minimum atomic E-state index is -5.41. The number of hydrogen-bond acceptors (Lipinski definition) is 2. The van der Waals surface area contributed by atoms with E-state index in [4.69, 9.17) is 0 Å². The van der Waals surface area contributed by atoms with Crippen molar-refractivity contribution in [3.8, 4) is 0 Å². The highest BCUT2D eigenvalue weighted by Crippen LogP contribution is 2.55. The fraction of sp³-hybridized carbons (Fsp3) is 0.909. The van der Waals surface area contributed by atoms with Crippen LogP contribution in [0, 0.1) is 11.3 Å². The van der Waals surface area contributed by atoms with Gasteiger partial charge in [-0.2, -0.15) is 26.3 Å². The second-order valence-electron chi connectivity index (χ2n) is 5.28. The molecule has 21 heavy (non-hydrogen) atoms. The van der Waals surface area contributed by atoms with E-state index in [0.29, 0.717) is 24.4 Å². The van der Waals surface area contributed by atoms with Crippen molar-refractivity contribution in [3.05, 3.63) is 0 Å². The van der Waals surface area contributed by atoms with Gasteiger partial charge in [0.15, 0.2) is 5.41 Å². The second kappa shape index (κ2) is 5.83. The Kier molecular flexibility index (Phi) is 5.09. The van der Waals surface area contributed by atoms with Gasteiger partial charge in [-0.3, -0.25) is 4.79 Å². The van der Waals surface area contributed by atoms with Crippen LogP contribution < -0.4 is 5.32 Å². The third-order valence-corrected chi connectivity index (χ3v) is 4.08. The van der Waals surface area contributed by atoms with Gasteiger partial charge in [0.1, 0.15) is 0 Å². The molecule has 0 spiro atoms. The molecule has 1 amide bonds. The lowest BCUT2D eigenvalue weighted by molar-refractivity contribution is -0.334. The molecular weight excluding hydrogens is 326 g/mol. The summed E-state index contributed by atoms with van der Waals surface area (Å²) in [5.41, 5.74) is -3.79. The van der Waals surface area contributed by atoms with Gasteiger partial charge >= 0.3 is 12.4 Å². The van der Waals surface area contributed by atoms with Gasteiger partial charge in [0.2, 0.25) is 5.91 Å². The molecule has 2 rings (SSSR count). The Bertz CT molecular complexity index is 377. The first kappa shape index (κ1) is 18.3. The first-order chi connectivity index (χ1) is 9.08. The van der Waals surface area contributed by atoms with Crippen LogP contribution in [-0.4, -0.2) is 49.3 Å². The Morgan fingerprint density at radius 1 is 1.14 bits per heavy atom. The Morgan fingerprint density at radius 3 is 2.10 bits per heavy atom. The Balaban J connectivity index is 0.00000220. The van der Waals surface area contributed by atoms with Crippen molar-refractivity contribution >= 4 is 18.3 Å². The molecule has 1 unspecified atom stereocenters. The molecule has 124 valence electrons. The number of nitrogens with one attached hydrogen (secondary N) is 1. The number of hydrogen-bond donors (Lipinski definition) is 1. The maximum Gasteiger partial charge on any atom is 0.404 e. The van der Waals surface area contributed by atoms with E-state index < -0.39 is 49.1 Å². The molecule has 2 saturated heterocycles. The second-order valence-corrected chi connectivity index (χ2v) is 5.28. The van der Waals surface area contributed by atoms with Gasteiger partial charge in [0.25, 0.3) is 0 Å². The molecule has 0 aromatic carbocycles. The average molecular weight is 341 g/mol. The third kappa shape index (κ3) is 3.08. The van der Waals surface area contributed by atoms with E-state index in [1.165, 1.54) is 0 Å². The van der Waals surface area contributed by atoms with Crippen molar-refractivity contribution in [2.75, 3.05) is 26.2 Å². The fourth-order valence-corrected chi connectivity index (χ4v) is 2.74. The first-order valence-corrected chi connectivity index (χ1v) is 6.21. The maximum absolute atomic E-state index is 12.9. The highest BCUT2D eigenvalue weighted by atomic mass is 35.5. The predicted octanol–water partition coefficient (Wildman–Crippen LogP) is 2.36. The van der Waals surface area contributed by atoms with E-state index in [2.05, 4.69) is 5.32 Å². The van der Waals surface area contributed by atoms with Gasteiger partial charge in [0, 0.05) is 19.6 Å². The van der Waals surface area contributed by atoms with Gasteiger partial charge in [-0.15, -0.1) is 12.4 Å². The summed E-state index contributed by atoms with van der Waals surface area (Å²) in [7, 11) is 0. The van der Waals surface area contributed by atoms with Crippen LogP contribution in [0.1, 0.15) is 12.8 Å². The summed E-state index contributed by atoms with van der Waals surface area (Å²) >= 11 is 0. The van der Waals surface area contributed by atoms with Crippen LogP contribution in [0.4, 0.5) is 26.3 Å². The van der Waals surface area contributed by atoms with Crippen molar-refractivity contribution in [1.29, 1.82) is 0 Å². The van der Waals surface area contributed by atoms with Crippen LogP contribution in [0.25, 0.3) is 0 Å². The number of carbonyl (C=O) groups is 1. The van der Waals surface area contributed by atoms with Crippen LogP contribution in [0.2, 0.25) is 0 Å².